The molecule has 0 bridgehead atoms. The zero-order chi connectivity index (χ0) is 9.42. The number of halogens is 3. The van der Waals surface area contributed by atoms with Crippen LogP contribution in [0, 0.1) is 11.6 Å². The Hall–Kier alpha value is -0.0900. The third kappa shape index (κ3) is 2.23. The molecule has 2 rings (SSSR count). The Morgan fingerprint density at radius 1 is 1.23 bits per heavy atom. The molecular weight excluding hydrogens is 258 g/mol. The lowest BCUT2D eigenvalue weighted by Gasteiger charge is -2.02. The van der Waals surface area contributed by atoms with Crippen LogP contribution >= 0.6 is 27.7 Å². The second-order valence-electron chi connectivity index (χ2n) is 3.01. The van der Waals surface area contributed by atoms with Crippen LogP contribution in [0.1, 0.15) is 12.8 Å². The van der Waals surface area contributed by atoms with Gasteiger partial charge < -0.3 is 0 Å². The Balaban J connectivity index is 2.27. The van der Waals surface area contributed by atoms with E-state index in [-0.39, 0.29) is 10.3 Å². The van der Waals surface area contributed by atoms with Gasteiger partial charge >= 0.3 is 0 Å². The van der Waals surface area contributed by atoms with E-state index in [1.54, 1.807) is 0 Å². The number of hydrogen-bond acceptors (Lipinski definition) is 1. The minimum absolute atomic E-state index is 0.185. The van der Waals surface area contributed by atoms with Gasteiger partial charge in [0.2, 0.25) is 0 Å². The van der Waals surface area contributed by atoms with Crippen LogP contribution in [0.3, 0.4) is 0 Å². The van der Waals surface area contributed by atoms with Gasteiger partial charge in [-0.1, -0.05) is 0 Å². The van der Waals surface area contributed by atoms with Gasteiger partial charge in [-0.25, -0.2) is 8.78 Å². The molecule has 0 aliphatic heterocycles. The SMILES string of the molecule is Fc1cc(SC2CC2)c(F)cc1Br. The average molecular weight is 265 g/mol. The maximum atomic E-state index is 13.2. The van der Waals surface area contributed by atoms with Crippen LogP contribution in [-0.2, 0) is 0 Å². The molecule has 1 fully saturated rings. The molecular formula is C9H7BrF2S. The molecule has 0 unspecified atom stereocenters. The van der Waals surface area contributed by atoms with Crippen LogP contribution in [0.25, 0.3) is 0 Å². The van der Waals surface area contributed by atoms with Gasteiger partial charge in [0.25, 0.3) is 0 Å². The Bertz CT molecular complexity index is 337. The predicted octanol–water partition coefficient (Wildman–Crippen LogP) is 3.98. The minimum atomic E-state index is -0.399. The fourth-order valence-electron chi connectivity index (χ4n) is 0.960. The lowest BCUT2D eigenvalue weighted by atomic mass is 10.3. The number of hydrogen-bond donors (Lipinski definition) is 0. The first-order valence-electron chi connectivity index (χ1n) is 3.98. The first kappa shape index (κ1) is 9.46. The molecule has 0 atom stereocenters. The Labute approximate surface area is 87.8 Å². The van der Waals surface area contributed by atoms with E-state index in [1.165, 1.54) is 23.9 Å². The molecule has 70 valence electrons. The van der Waals surface area contributed by atoms with Crippen molar-refractivity contribution in [2.45, 2.75) is 23.0 Å². The molecule has 1 aliphatic carbocycles. The van der Waals surface area contributed by atoms with E-state index >= 15 is 0 Å². The number of rotatable bonds is 2. The van der Waals surface area contributed by atoms with E-state index in [0.29, 0.717) is 10.1 Å². The van der Waals surface area contributed by atoms with Crippen molar-refractivity contribution in [2.75, 3.05) is 0 Å². The van der Waals surface area contributed by atoms with Crippen LogP contribution in [0.15, 0.2) is 21.5 Å². The standard InChI is InChI=1S/C9H7BrF2S/c10-6-3-8(12)9(4-7(6)11)13-5-1-2-5/h3-5H,1-2H2. The molecule has 0 nitrogen and oxygen atoms in total. The highest BCUT2D eigenvalue weighted by Crippen LogP contribution is 2.40. The maximum Gasteiger partial charge on any atom is 0.138 e. The summed E-state index contributed by atoms with van der Waals surface area (Å²) in [6, 6.07) is 2.43. The van der Waals surface area contributed by atoms with Crippen molar-refractivity contribution in [3.05, 3.63) is 28.2 Å². The predicted molar refractivity (Wildman–Crippen MR) is 52.9 cm³/mol. The summed E-state index contributed by atoms with van der Waals surface area (Å²) in [5.74, 6) is -0.741. The van der Waals surface area contributed by atoms with E-state index in [0.717, 1.165) is 12.8 Å². The summed E-state index contributed by atoms with van der Waals surface area (Å²) in [7, 11) is 0. The number of benzene rings is 1. The van der Waals surface area contributed by atoms with Gasteiger partial charge in [0, 0.05) is 10.1 Å². The van der Waals surface area contributed by atoms with Gasteiger partial charge in [-0.2, -0.15) is 0 Å². The molecule has 0 heterocycles. The topological polar surface area (TPSA) is 0 Å². The van der Waals surface area contributed by atoms with Crippen LogP contribution < -0.4 is 0 Å². The molecule has 0 spiro atoms. The summed E-state index contributed by atoms with van der Waals surface area (Å²) in [4.78, 5) is 0.420. The second kappa shape index (κ2) is 3.58. The van der Waals surface area contributed by atoms with Gasteiger partial charge in [-0.3, -0.25) is 0 Å². The van der Waals surface area contributed by atoms with Crippen LogP contribution in [0.2, 0.25) is 0 Å². The normalized spacial score (nSPS) is 16.2. The van der Waals surface area contributed by atoms with Crippen LogP contribution in [0.4, 0.5) is 8.78 Å². The molecule has 1 aromatic carbocycles. The molecule has 0 radical (unpaired) electrons. The van der Waals surface area contributed by atoms with Crippen LogP contribution in [-0.4, -0.2) is 5.25 Å². The molecule has 1 aliphatic rings. The summed E-state index contributed by atoms with van der Waals surface area (Å²) >= 11 is 4.36. The average Bonchev–Trinajstić information content (AvgIpc) is 2.84. The monoisotopic (exact) mass is 264 g/mol. The highest BCUT2D eigenvalue weighted by molar-refractivity contribution is 9.10. The van der Waals surface area contributed by atoms with E-state index in [1.807, 2.05) is 0 Å². The van der Waals surface area contributed by atoms with Crippen molar-refractivity contribution < 1.29 is 8.78 Å². The van der Waals surface area contributed by atoms with Crippen molar-refractivity contribution in [3.63, 3.8) is 0 Å². The lowest BCUT2D eigenvalue weighted by Crippen LogP contribution is -1.87. The molecule has 0 amide bonds. The Kier molecular flexibility index (Phi) is 2.60. The van der Waals surface area contributed by atoms with Gasteiger partial charge in [0.1, 0.15) is 11.6 Å². The molecule has 0 saturated heterocycles. The maximum absolute atomic E-state index is 13.2. The van der Waals surface area contributed by atoms with Gasteiger partial charge in [-0.15, -0.1) is 11.8 Å². The van der Waals surface area contributed by atoms with Crippen molar-refractivity contribution in [1.29, 1.82) is 0 Å². The zero-order valence-corrected chi connectivity index (χ0v) is 9.09. The smallest absolute Gasteiger partial charge is 0.138 e. The van der Waals surface area contributed by atoms with E-state index in [2.05, 4.69) is 15.9 Å². The fourth-order valence-corrected chi connectivity index (χ4v) is 2.35. The zero-order valence-electron chi connectivity index (χ0n) is 6.69. The second-order valence-corrected chi connectivity index (χ2v) is 5.21. The summed E-state index contributed by atoms with van der Waals surface area (Å²) in [6.45, 7) is 0. The molecule has 1 aromatic rings. The molecule has 0 aromatic heterocycles. The van der Waals surface area contributed by atoms with E-state index in [9.17, 15) is 8.78 Å². The molecule has 13 heavy (non-hydrogen) atoms. The third-order valence-electron chi connectivity index (χ3n) is 1.79. The molecule has 1 saturated carbocycles. The van der Waals surface area contributed by atoms with Crippen molar-refractivity contribution in [2.24, 2.45) is 0 Å². The summed E-state index contributed by atoms with van der Waals surface area (Å²) < 4.78 is 26.4. The largest absolute Gasteiger partial charge is 0.206 e. The highest BCUT2D eigenvalue weighted by atomic mass is 79.9. The van der Waals surface area contributed by atoms with Gasteiger partial charge in [-0.05, 0) is 40.9 Å². The number of thioether (sulfide) groups is 1. The first-order chi connectivity index (χ1) is 6.16. The highest BCUT2D eigenvalue weighted by Gasteiger charge is 2.24. The quantitative estimate of drug-likeness (QED) is 0.729. The van der Waals surface area contributed by atoms with E-state index in [4.69, 9.17) is 0 Å². The minimum Gasteiger partial charge on any atom is -0.206 e. The fraction of sp³-hybridized carbons (Fsp3) is 0.333. The molecule has 0 N–H and O–H groups in total. The van der Waals surface area contributed by atoms with Gasteiger partial charge in [0.05, 0.1) is 4.47 Å². The van der Waals surface area contributed by atoms with Crippen LogP contribution in [0.5, 0.6) is 0 Å². The first-order valence-corrected chi connectivity index (χ1v) is 5.65. The summed E-state index contributed by atoms with van der Waals surface area (Å²) in [6.07, 6.45) is 2.23. The van der Waals surface area contributed by atoms with E-state index < -0.39 is 5.82 Å². The summed E-state index contributed by atoms with van der Waals surface area (Å²) in [5.41, 5.74) is 0. The van der Waals surface area contributed by atoms with Crippen molar-refractivity contribution in [1.82, 2.24) is 0 Å². The van der Waals surface area contributed by atoms with Crippen molar-refractivity contribution >= 4 is 27.7 Å². The molecule has 4 heteroatoms. The van der Waals surface area contributed by atoms with Crippen molar-refractivity contribution in [3.8, 4) is 0 Å². The Morgan fingerprint density at radius 2 is 1.92 bits per heavy atom. The Morgan fingerprint density at radius 3 is 2.54 bits per heavy atom. The third-order valence-corrected chi connectivity index (χ3v) is 3.77. The lowest BCUT2D eigenvalue weighted by molar-refractivity contribution is 0.572. The summed E-state index contributed by atoms with van der Waals surface area (Å²) in [5, 5.41) is 0.495. The van der Waals surface area contributed by atoms with Gasteiger partial charge in [0.15, 0.2) is 0 Å².